The fourth-order valence-corrected chi connectivity index (χ4v) is 2.84. The van der Waals surface area contributed by atoms with Gasteiger partial charge in [0.25, 0.3) is 0 Å². The van der Waals surface area contributed by atoms with E-state index in [0.717, 1.165) is 15.8 Å². The Morgan fingerprint density at radius 2 is 1.89 bits per heavy atom. The summed E-state index contributed by atoms with van der Waals surface area (Å²) in [7, 11) is 0. The van der Waals surface area contributed by atoms with Gasteiger partial charge in [-0.05, 0) is 33.4 Å². The lowest BCUT2D eigenvalue weighted by Crippen LogP contribution is -1.92. The summed E-state index contributed by atoms with van der Waals surface area (Å²) >= 11 is 16.8. The molecule has 0 aromatic carbocycles. The van der Waals surface area contributed by atoms with Crippen LogP contribution in [0, 0.1) is 0 Å². The summed E-state index contributed by atoms with van der Waals surface area (Å²) in [6.45, 7) is 0. The van der Waals surface area contributed by atoms with E-state index >= 15 is 0 Å². The maximum atomic E-state index is 5.97. The fraction of sp³-hybridized carbons (Fsp3) is 0. The van der Waals surface area contributed by atoms with Crippen molar-refractivity contribution < 1.29 is 0 Å². The largest absolute Gasteiger partial charge is 0.255 e. The molecule has 0 fully saturated rings. The number of fused-ring (bicyclic) bond motifs is 1. The smallest absolute Gasteiger partial charge is 0.164 e. The van der Waals surface area contributed by atoms with Crippen LogP contribution in [-0.4, -0.2) is 15.0 Å². The molecule has 0 aliphatic carbocycles. The topological polar surface area (TPSA) is 38.7 Å². The minimum Gasteiger partial charge on any atom is -0.255 e. The van der Waals surface area contributed by atoms with Crippen LogP contribution in [0.15, 0.2) is 28.2 Å². The summed E-state index contributed by atoms with van der Waals surface area (Å²) in [6.07, 6.45) is 1.71. The third kappa shape index (κ3) is 2.12. The van der Waals surface area contributed by atoms with Crippen molar-refractivity contribution in [1.82, 2.24) is 15.0 Å². The van der Waals surface area contributed by atoms with E-state index in [1.165, 1.54) is 0 Å². The van der Waals surface area contributed by atoms with E-state index in [9.17, 15) is 0 Å². The van der Waals surface area contributed by atoms with E-state index < -0.39 is 0 Å². The molecular weight excluding hydrogens is 357 g/mol. The molecule has 3 aromatic heterocycles. The maximum Gasteiger partial charge on any atom is 0.164 e. The van der Waals surface area contributed by atoms with Crippen LogP contribution in [-0.2, 0) is 0 Å². The highest BCUT2D eigenvalue weighted by Crippen LogP contribution is 2.31. The Hall–Kier alpha value is -0.750. The Labute approximate surface area is 125 Å². The van der Waals surface area contributed by atoms with Gasteiger partial charge in [-0.25, -0.2) is 9.97 Å². The molecule has 3 aromatic rings. The van der Waals surface area contributed by atoms with Crippen molar-refractivity contribution in [3.05, 3.63) is 38.5 Å². The van der Waals surface area contributed by atoms with Gasteiger partial charge in [0.15, 0.2) is 5.82 Å². The summed E-state index contributed by atoms with van der Waals surface area (Å²) in [5, 5.41) is 2.57. The Kier molecular flexibility index (Phi) is 3.23. The maximum absolute atomic E-state index is 5.97. The highest BCUT2D eigenvalue weighted by molar-refractivity contribution is 9.10. The van der Waals surface area contributed by atoms with E-state index in [-0.39, 0.29) is 10.3 Å². The second kappa shape index (κ2) is 4.74. The molecule has 0 amide bonds. The van der Waals surface area contributed by atoms with Gasteiger partial charge < -0.3 is 0 Å². The van der Waals surface area contributed by atoms with Crippen molar-refractivity contribution in [1.29, 1.82) is 0 Å². The normalized spacial score (nSPS) is 11.1. The fourth-order valence-electron chi connectivity index (χ4n) is 1.49. The van der Waals surface area contributed by atoms with Crippen molar-refractivity contribution in [2.75, 3.05) is 0 Å². The number of nitrogens with zero attached hydrogens (tertiary/aromatic N) is 3. The number of pyridine rings is 1. The first-order valence-electron chi connectivity index (χ1n) is 4.87. The van der Waals surface area contributed by atoms with Crippen molar-refractivity contribution in [3.63, 3.8) is 0 Å². The van der Waals surface area contributed by atoms with Crippen LogP contribution >= 0.6 is 50.5 Å². The molecule has 0 saturated heterocycles. The lowest BCUT2D eigenvalue weighted by atomic mass is 10.2. The van der Waals surface area contributed by atoms with Gasteiger partial charge >= 0.3 is 0 Å². The first kappa shape index (κ1) is 12.3. The van der Waals surface area contributed by atoms with Gasteiger partial charge in [-0.15, -0.1) is 11.3 Å². The second-order valence-corrected chi connectivity index (χ2v) is 5.93. The molecule has 3 heterocycles. The molecule has 90 valence electrons. The van der Waals surface area contributed by atoms with Crippen LogP contribution in [0.3, 0.4) is 0 Å². The molecule has 0 unspecified atom stereocenters. The summed E-state index contributed by atoms with van der Waals surface area (Å²) < 4.78 is 1.58. The lowest BCUT2D eigenvalue weighted by molar-refractivity contribution is 1.16. The number of rotatable bonds is 1. The predicted molar refractivity (Wildman–Crippen MR) is 78.4 cm³/mol. The first-order valence-corrected chi connectivity index (χ1v) is 7.30. The number of thiophene rings is 1. The van der Waals surface area contributed by atoms with Gasteiger partial charge in [0.05, 0.1) is 14.7 Å². The minimum absolute atomic E-state index is 0.288. The van der Waals surface area contributed by atoms with Crippen molar-refractivity contribution in [2.45, 2.75) is 0 Å². The summed E-state index contributed by atoms with van der Waals surface area (Å²) in [5.41, 5.74) is 1.75. The highest BCUT2D eigenvalue weighted by Gasteiger charge is 2.11. The van der Waals surface area contributed by atoms with Crippen molar-refractivity contribution in [3.8, 4) is 11.4 Å². The molecule has 0 aliphatic rings. The van der Waals surface area contributed by atoms with Gasteiger partial charge in [-0.2, -0.15) is 0 Å². The number of aromatic nitrogens is 3. The average Bonchev–Trinajstić information content (AvgIpc) is 2.82. The summed E-state index contributed by atoms with van der Waals surface area (Å²) in [6, 6.07) is 3.94. The van der Waals surface area contributed by atoms with Crippen LogP contribution < -0.4 is 0 Å². The average molecular weight is 361 g/mol. The lowest BCUT2D eigenvalue weighted by Gasteiger charge is -2.03. The molecular formula is C11H4BrCl2N3S. The molecule has 7 heteroatoms. The van der Waals surface area contributed by atoms with E-state index in [1.54, 1.807) is 17.5 Å². The number of hydrogen-bond acceptors (Lipinski definition) is 4. The minimum atomic E-state index is 0.288. The molecule has 0 spiro atoms. The molecule has 0 aliphatic heterocycles. The van der Waals surface area contributed by atoms with Crippen LogP contribution in [0.2, 0.25) is 10.3 Å². The van der Waals surface area contributed by atoms with Crippen molar-refractivity contribution >= 4 is 60.7 Å². The SMILES string of the molecule is Clc1nc(-c2cnc3ccsc3c2)nc(Cl)c1Br. The molecule has 18 heavy (non-hydrogen) atoms. The van der Waals surface area contributed by atoms with E-state index in [1.807, 2.05) is 17.5 Å². The van der Waals surface area contributed by atoms with Gasteiger partial charge in [0, 0.05) is 11.8 Å². The number of halogens is 3. The molecule has 0 bridgehead atoms. The Morgan fingerprint density at radius 1 is 1.17 bits per heavy atom. The van der Waals surface area contributed by atoms with Gasteiger partial charge in [-0.1, -0.05) is 23.2 Å². The highest BCUT2D eigenvalue weighted by atomic mass is 79.9. The van der Waals surface area contributed by atoms with Crippen LogP contribution in [0.5, 0.6) is 0 Å². The van der Waals surface area contributed by atoms with E-state index in [2.05, 4.69) is 30.9 Å². The van der Waals surface area contributed by atoms with E-state index in [4.69, 9.17) is 23.2 Å². The van der Waals surface area contributed by atoms with Gasteiger partial charge in [0.2, 0.25) is 0 Å². The number of hydrogen-bond donors (Lipinski definition) is 0. The standard InChI is InChI=1S/C11H4BrCl2N3S/c12-8-9(13)16-11(17-10(8)14)5-3-7-6(15-4-5)1-2-18-7/h1-4H. The second-order valence-electron chi connectivity index (χ2n) is 3.47. The molecule has 0 radical (unpaired) electrons. The van der Waals surface area contributed by atoms with Crippen LogP contribution in [0.4, 0.5) is 0 Å². The summed E-state index contributed by atoms with van der Waals surface area (Å²) in [4.78, 5) is 12.7. The first-order chi connectivity index (χ1) is 8.65. The zero-order valence-corrected chi connectivity index (χ0v) is 12.6. The quantitative estimate of drug-likeness (QED) is 0.584. The Bertz CT molecular complexity index is 721. The monoisotopic (exact) mass is 359 g/mol. The predicted octanol–water partition coefficient (Wildman–Crippen LogP) is 4.82. The molecule has 0 atom stereocenters. The molecule has 0 saturated carbocycles. The molecule has 0 N–H and O–H groups in total. The zero-order valence-electron chi connectivity index (χ0n) is 8.69. The van der Waals surface area contributed by atoms with Gasteiger partial charge in [0.1, 0.15) is 10.3 Å². The molecule has 3 rings (SSSR count). The van der Waals surface area contributed by atoms with Crippen LogP contribution in [0.25, 0.3) is 21.6 Å². The van der Waals surface area contributed by atoms with Gasteiger partial charge in [-0.3, -0.25) is 4.98 Å². The third-order valence-electron chi connectivity index (χ3n) is 2.33. The molecule has 3 nitrogen and oxygen atoms in total. The van der Waals surface area contributed by atoms with E-state index in [0.29, 0.717) is 10.3 Å². The van der Waals surface area contributed by atoms with Crippen molar-refractivity contribution in [2.24, 2.45) is 0 Å². The Morgan fingerprint density at radius 3 is 2.61 bits per heavy atom. The van der Waals surface area contributed by atoms with Crippen LogP contribution in [0.1, 0.15) is 0 Å². The Balaban J connectivity index is 2.19. The summed E-state index contributed by atoms with van der Waals surface area (Å²) in [5.74, 6) is 0.469. The third-order valence-corrected chi connectivity index (χ3v) is 4.94. The zero-order chi connectivity index (χ0) is 12.7.